The molecule has 0 aromatic rings. The first kappa shape index (κ1) is 30.9. The van der Waals surface area contributed by atoms with Gasteiger partial charge in [0.05, 0.1) is 6.42 Å². The van der Waals surface area contributed by atoms with Gasteiger partial charge in [0.1, 0.15) is 6.10 Å². The molecule has 32 heavy (non-hydrogen) atoms. The quantitative estimate of drug-likeness (QED) is 0.102. The second-order valence-corrected chi connectivity index (χ2v) is 9.59. The van der Waals surface area contributed by atoms with Crippen molar-refractivity contribution in [1.29, 1.82) is 0 Å². The largest absolute Gasteiger partial charge is 0.462 e. The summed E-state index contributed by atoms with van der Waals surface area (Å²) in [5.41, 5.74) is 0. The Morgan fingerprint density at radius 1 is 0.562 bits per heavy atom. The molecule has 0 spiro atoms. The minimum Gasteiger partial charge on any atom is -0.462 e. The topological polar surface area (TPSA) is 63.3 Å². The van der Waals surface area contributed by atoms with Crippen LogP contribution in [0.5, 0.6) is 0 Å². The first-order chi connectivity index (χ1) is 15.6. The maximum absolute atomic E-state index is 12.1. The zero-order chi connectivity index (χ0) is 23.7. The average molecular weight is 454 g/mol. The predicted molar refractivity (Wildman–Crippen MR) is 133 cm³/mol. The fraction of sp³-hybridized carbons (Fsp3) is 0.929. The molecule has 0 saturated heterocycles. The Labute approximate surface area is 199 Å². The molecule has 0 aromatic carbocycles. The summed E-state index contributed by atoms with van der Waals surface area (Å²) in [6.07, 6.45) is 25.0. The molecule has 1 radical (unpaired) electrons. The van der Waals surface area contributed by atoms with Crippen LogP contribution in [-0.2, 0) is 19.4 Å². The lowest BCUT2D eigenvalue weighted by Crippen LogP contribution is -2.21. The fourth-order valence-electron chi connectivity index (χ4n) is 4.25. The van der Waals surface area contributed by atoms with E-state index in [0.29, 0.717) is 12.8 Å². The fourth-order valence-corrected chi connectivity index (χ4v) is 4.25. The Balaban J connectivity index is 3.71. The molecule has 0 fully saturated rings. The van der Waals surface area contributed by atoms with Crippen molar-refractivity contribution in [3.63, 3.8) is 0 Å². The van der Waals surface area contributed by atoms with E-state index in [1.54, 1.807) is 0 Å². The van der Waals surface area contributed by atoms with Crippen molar-refractivity contribution < 1.29 is 19.4 Å². The lowest BCUT2D eigenvalue weighted by atomic mass is 10.0. The van der Waals surface area contributed by atoms with Crippen LogP contribution in [0.15, 0.2) is 0 Å². The molecule has 1 atom stereocenters. The number of carbonyl (C=O) groups excluding carboxylic acids is 2. The minimum atomic E-state index is -1.13. The van der Waals surface area contributed by atoms with Gasteiger partial charge in [0.25, 0.3) is 0 Å². The summed E-state index contributed by atoms with van der Waals surface area (Å²) in [7, 11) is 0. The van der Waals surface area contributed by atoms with Gasteiger partial charge in [0.2, 0.25) is 0 Å². The molecule has 0 aromatic heterocycles. The molecule has 0 rings (SSSR count). The van der Waals surface area contributed by atoms with E-state index in [2.05, 4.69) is 13.8 Å². The van der Waals surface area contributed by atoms with E-state index in [1.807, 2.05) is 0 Å². The molecule has 4 nitrogen and oxygen atoms in total. The molecule has 0 aliphatic rings. The first-order valence-corrected chi connectivity index (χ1v) is 14.0. The maximum Gasteiger partial charge on any atom is 0.359 e. The van der Waals surface area contributed by atoms with Crippen LogP contribution in [0.25, 0.3) is 0 Å². The van der Waals surface area contributed by atoms with Crippen molar-refractivity contribution in [3.05, 3.63) is 0 Å². The smallest absolute Gasteiger partial charge is 0.359 e. The SMILES string of the molecule is CCCCCCCCCCCCCC(=O)OC(CCCCCCCCCCC)CC([O])=O. The van der Waals surface area contributed by atoms with E-state index in [1.165, 1.54) is 103 Å². The van der Waals surface area contributed by atoms with Gasteiger partial charge in [-0.15, -0.1) is 0 Å². The number of hydrogen-bond acceptors (Lipinski definition) is 3. The lowest BCUT2D eigenvalue weighted by molar-refractivity contribution is -0.155. The van der Waals surface area contributed by atoms with Crippen LogP contribution in [0.3, 0.4) is 0 Å². The van der Waals surface area contributed by atoms with Crippen molar-refractivity contribution in [3.8, 4) is 0 Å². The Kier molecular flexibility index (Phi) is 23.8. The molecule has 0 bridgehead atoms. The minimum absolute atomic E-state index is 0.180. The molecular weight excluding hydrogens is 400 g/mol. The van der Waals surface area contributed by atoms with Gasteiger partial charge in [-0.1, -0.05) is 129 Å². The Morgan fingerprint density at radius 2 is 0.938 bits per heavy atom. The van der Waals surface area contributed by atoms with Gasteiger partial charge in [-0.25, -0.2) is 9.90 Å². The summed E-state index contributed by atoms with van der Waals surface area (Å²) in [6, 6.07) is 0. The van der Waals surface area contributed by atoms with E-state index < -0.39 is 12.1 Å². The molecule has 1 unspecified atom stereocenters. The Bertz CT molecular complexity index is 422. The summed E-state index contributed by atoms with van der Waals surface area (Å²) in [4.78, 5) is 23.1. The normalized spacial score (nSPS) is 12.1. The molecule has 0 aliphatic carbocycles. The van der Waals surface area contributed by atoms with Crippen molar-refractivity contribution in [2.24, 2.45) is 0 Å². The van der Waals surface area contributed by atoms with E-state index in [4.69, 9.17) is 4.74 Å². The standard InChI is InChI=1S/C28H53O4/c1-3-5-7-9-11-13-14-16-18-20-22-24-28(31)32-26(25-27(29)30)23-21-19-17-15-12-10-8-6-4-2/h26H,3-25H2,1-2H3. The summed E-state index contributed by atoms with van der Waals surface area (Å²) < 4.78 is 5.47. The van der Waals surface area contributed by atoms with Gasteiger partial charge >= 0.3 is 11.9 Å². The number of rotatable bonds is 25. The molecule has 189 valence electrons. The summed E-state index contributed by atoms with van der Waals surface area (Å²) >= 11 is 0. The number of carbonyl (C=O) groups is 2. The predicted octanol–water partition coefficient (Wildman–Crippen LogP) is 8.87. The van der Waals surface area contributed by atoms with Crippen LogP contribution in [0, 0.1) is 0 Å². The molecule has 0 amide bonds. The van der Waals surface area contributed by atoms with Crippen molar-refractivity contribution >= 4 is 11.9 Å². The highest BCUT2D eigenvalue weighted by atomic mass is 16.5. The summed E-state index contributed by atoms with van der Waals surface area (Å²) in [5, 5.41) is 11.0. The van der Waals surface area contributed by atoms with Gasteiger partial charge in [-0.2, -0.15) is 0 Å². The van der Waals surface area contributed by atoms with Crippen LogP contribution in [0.4, 0.5) is 0 Å². The van der Waals surface area contributed by atoms with Crippen molar-refractivity contribution in [2.45, 2.75) is 168 Å². The molecule has 0 saturated carbocycles. The number of unbranched alkanes of at least 4 members (excludes halogenated alkanes) is 18. The molecule has 0 heterocycles. The van der Waals surface area contributed by atoms with Gasteiger partial charge in [-0.05, 0) is 19.3 Å². The van der Waals surface area contributed by atoms with Gasteiger partial charge in [0, 0.05) is 6.42 Å². The van der Waals surface area contributed by atoms with Crippen LogP contribution >= 0.6 is 0 Å². The van der Waals surface area contributed by atoms with Gasteiger partial charge in [0.15, 0.2) is 0 Å². The highest BCUT2D eigenvalue weighted by Crippen LogP contribution is 2.16. The Hall–Kier alpha value is -1.06. The van der Waals surface area contributed by atoms with Crippen LogP contribution in [0.2, 0.25) is 0 Å². The molecule has 4 heteroatoms. The van der Waals surface area contributed by atoms with E-state index in [0.717, 1.165) is 25.7 Å². The van der Waals surface area contributed by atoms with E-state index in [-0.39, 0.29) is 12.4 Å². The number of ether oxygens (including phenoxy) is 1. The number of hydrogen-bond donors (Lipinski definition) is 0. The van der Waals surface area contributed by atoms with Gasteiger partial charge in [-0.3, -0.25) is 4.79 Å². The number of esters is 1. The van der Waals surface area contributed by atoms with Crippen molar-refractivity contribution in [2.75, 3.05) is 0 Å². The first-order valence-electron chi connectivity index (χ1n) is 14.0. The zero-order valence-electron chi connectivity index (χ0n) is 21.5. The van der Waals surface area contributed by atoms with Gasteiger partial charge < -0.3 is 4.74 Å². The average Bonchev–Trinajstić information content (AvgIpc) is 2.75. The highest BCUT2D eigenvalue weighted by molar-refractivity contribution is 5.71. The van der Waals surface area contributed by atoms with E-state index >= 15 is 0 Å². The second kappa shape index (κ2) is 24.6. The summed E-state index contributed by atoms with van der Waals surface area (Å²) in [6.45, 7) is 4.48. The van der Waals surface area contributed by atoms with E-state index in [9.17, 15) is 14.7 Å². The molecule has 0 N–H and O–H groups in total. The third-order valence-electron chi connectivity index (χ3n) is 6.31. The van der Waals surface area contributed by atoms with Crippen molar-refractivity contribution in [1.82, 2.24) is 0 Å². The highest BCUT2D eigenvalue weighted by Gasteiger charge is 2.18. The maximum atomic E-state index is 12.1. The third kappa shape index (κ3) is 23.6. The van der Waals surface area contributed by atoms with Crippen LogP contribution in [0.1, 0.15) is 162 Å². The van der Waals surface area contributed by atoms with Crippen LogP contribution < -0.4 is 0 Å². The third-order valence-corrected chi connectivity index (χ3v) is 6.31. The Morgan fingerprint density at radius 3 is 1.34 bits per heavy atom. The lowest BCUT2D eigenvalue weighted by Gasteiger charge is -2.16. The molecule has 0 aliphatic heterocycles. The second-order valence-electron chi connectivity index (χ2n) is 9.59. The summed E-state index contributed by atoms with van der Waals surface area (Å²) in [5.74, 6) is -1.38. The zero-order valence-corrected chi connectivity index (χ0v) is 21.5. The van der Waals surface area contributed by atoms with Crippen LogP contribution in [-0.4, -0.2) is 18.0 Å². The monoisotopic (exact) mass is 453 g/mol. The molecular formula is C28H53O4.